The highest BCUT2D eigenvalue weighted by Crippen LogP contribution is 2.22. The maximum absolute atomic E-state index is 10.8. The van der Waals surface area contributed by atoms with Crippen molar-refractivity contribution >= 4 is 29.9 Å². The number of rotatable bonds is 9. The first-order chi connectivity index (χ1) is 14.5. The molecule has 0 fully saturated rings. The Morgan fingerprint density at radius 2 is 1.90 bits per heavy atom. The minimum Gasteiger partial charge on any atom is -0.497 e. The van der Waals surface area contributed by atoms with Crippen LogP contribution in [0.25, 0.3) is 0 Å². The maximum atomic E-state index is 10.8. The van der Waals surface area contributed by atoms with Gasteiger partial charge in [0.05, 0.1) is 26.5 Å². The van der Waals surface area contributed by atoms with E-state index in [2.05, 4.69) is 15.6 Å². The normalized spacial score (nSPS) is 13.2. The Hall–Kier alpha value is -2.46. The van der Waals surface area contributed by atoms with Gasteiger partial charge >= 0.3 is 0 Å². The highest BCUT2D eigenvalue weighted by Gasteiger charge is 2.27. The number of nitrogens with zero attached hydrogens (tertiary/aromatic N) is 1. The van der Waals surface area contributed by atoms with Gasteiger partial charge in [0.15, 0.2) is 5.96 Å². The molecule has 1 aromatic carbocycles. The minimum absolute atomic E-state index is 0. The number of aryl methyl sites for hydroxylation is 1. The molecule has 3 N–H and O–H groups in total. The van der Waals surface area contributed by atoms with Crippen molar-refractivity contribution < 1.29 is 18.7 Å². The molecule has 8 heteroatoms. The van der Waals surface area contributed by atoms with E-state index in [1.807, 2.05) is 49.4 Å². The van der Waals surface area contributed by atoms with E-state index in [-0.39, 0.29) is 30.5 Å². The lowest BCUT2D eigenvalue weighted by Gasteiger charge is -2.23. The smallest absolute Gasteiger partial charge is 0.191 e. The first-order valence-electron chi connectivity index (χ1n) is 9.93. The van der Waals surface area contributed by atoms with Crippen LogP contribution in [-0.2, 0) is 18.6 Å². The van der Waals surface area contributed by atoms with E-state index < -0.39 is 5.60 Å². The van der Waals surface area contributed by atoms with Crippen LogP contribution in [0.15, 0.2) is 68.6 Å². The largest absolute Gasteiger partial charge is 0.497 e. The molecule has 0 saturated carbocycles. The summed E-state index contributed by atoms with van der Waals surface area (Å²) in [5, 5.41) is 17.3. The molecule has 0 spiro atoms. The molecule has 0 bridgehead atoms. The first kappa shape index (κ1) is 24.8. The fraction of sp³-hybridized carbons (Fsp3) is 0.348. The number of aliphatic imine (C=N–C) groups is 1. The van der Waals surface area contributed by atoms with Crippen LogP contribution >= 0.6 is 24.0 Å². The number of methoxy groups -OCH3 is 1. The van der Waals surface area contributed by atoms with Gasteiger partial charge in [-0.3, -0.25) is 0 Å². The van der Waals surface area contributed by atoms with E-state index in [9.17, 15) is 5.11 Å². The van der Waals surface area contributed by atoms with E-state index >= 15 is 0 Å². The lowest BCUT2D eigenvalue weighted by molar-refractivity contribution is 0.0378. The highest BCUT2D eigenvalue weighted by molar-refractivity contribution is 14.0. The molecule has 0 saturated heterocycles. The second-order valence-corrected chi connectivity index (χ2v) is 7.31. The van der Waals surface area contributed by atoms with Crippen LogP contribution in [0.4, 0.5) is 0 Å². The summed E-state index contributed by atoms with van der Waals surface area (Å²) in [6.07, 6.45) is 2.39. The average Bonchev–Trinajstić information content (AvgIpc) is 3.42. The third-order valence-corrected chi connectivity index (χ3v) is 4.69. The standard InChI is InChI=1S/C23H29N3O4.HI/c1-17-6-11-21(30-17)23(2,27)16-26-22(24-13-12-20-5-4-14-29-20)25-15-18-7-9-19(28-3)10-8-18;/h4-11,14,27H,12-13,15-16H2,1-3H3,(H2,24,25,26);1H. The van der Waals surface area contributed by atoms with Crippen LogP contribution in [0.3, 0.4) is 0 Å². The zero-order valence-electron chi connectivity index (χ0n) is 18.1. The average molecular weight is 539 g/mol. The molecule has 0 aliphatic carbocycles. The molecule has 168 valence electrons. The van der Waals surface area contributed by atoms with Crippen molar-refractivity contribution in [2.24, 2.45) is 4.99 Å². The zero-order valence-corrected chi connectivity index (χ0v) is 20.4. The van der Waals surface area contributed by atoms with Crippen molar-refractivity contribution in [1.29, 1.82) is 0 Å². The SMILES string of the molecule is COc1ccc(CN=C(NCCc2ccco2)NCC(C)(O)c2ccc(C)o2)cc1.I. The summed E-state index contributed by atoms with van der Waals surface area (Å²) in [7, 11) is 1.64. The molecular weight excluding hydrogens is 509 g/mol. The molecule has 2 heterocycles. The number of benzene rings is 1. The highest BCUT2D eigenvalue weighted by atomic mass is 127. The van der Waals surface area contributed by atoms with Crippen LogP contribution < -0.4 is 15.4 Å². The maximum Gasteiger partial charge on any atom is 0.191 e. The molecule has 31 heavy (non-hydrogen) atoms. The van der Waals surface area contributed by atoms with Crippen molar-refractivity contribution in [2.75, 3.05) is 20.2 Å². The van der Waals surface area contributed by atoms with E-state index in [0.717, 1.165) is 29.3 Å². The second kappa shape index (κ2) is 11.8. The molecule has 2 aromatic heterocycles. The van der Waals surface area contributed by atoms with Gasteiger partial charge in [-0.25, -0.2) is 4.99 Å². The quantitative estimate of drug-likeness (QED) is 0.217. The van der Waals surface area contributed by atoms with Crippen LogP contribution in [0.2, 0.25) is 0 Å². The van der Waals surface area contributed by atoms with Gasteiger partial charge in [0, 0.05) is 13.0 Å². The molecule has 0 amide bonds. The van der Waals surface area contributed by atoms with E-state index in [1.165, 1.54) is 0 Å². The Bertz CT molecular complexity index is 934. The predicted octanol–water partition coefficient (Wildman–Crippen LogP) is 3.99. The van der Waals surface area contributed by atoms with Gasteiger partial charge in [-0.1, -0.05) is 12.1 Å². The summed E-state index contributed by atoms with van der Waals surface area (Å²) in [5.74, 6) is 3.58. The van der Waals surface area contributed by atoms with Crippen LogP contribution in [0.1, 0.15) is 29.8 Å². The number of furan rings is 2. The summed E-state index contributed by atoms with van der Waals surface area (Å²) in [5.41, 5.74) is -0.117. The van der Waals surface area contributed by atoms with Gasteiger partial charge in [-0.15, -0.1) is 24.0 Å². The molecule has 0 aliphatic heterocycles. The number of hydrogen-bond acceptors (Lipinski definition) is 5. The number of nitrogens with one attached hydrogen (secondary N) is 2. The molecule has 7 nitrogen and oxygen atoms in total. The molecular formula is C23H30IN3O4. The van der Waals surface area contributed by atoms with Crippen molar-refractivity contribution in [3.05, 3.63) is 77.6 Å². The van der Waals surface area contributed by atoms with Crippen molar-refractivity contribution in [1.82, 2.24) is 10.6 Å². The number of halogens is 1. The number of guanidine groups is 1. The topological polar surface area (TPSA) is 92.2 Å². The minimum atomic E-state index is -1.17. The van der Waals surface area contributed by atoms with Crippen LogP contribution in [0.5, 0.6) is 5.75 Å². The molecule has 1 atom stereocenters. The third kappa shape index (κ3) is 7.62. The van der Waals surface area contributed by atoms with Gasteiger partial charge in [-0.05, 0) is 55.8 Å². The number of ether oxygens (including phenoxy) is 1. The van der Waals surface area contributed by atoms with Gasteiger partial charge < -0.3 is 29.3 Å². The van der Waals surface area contributed by atoms with E-state index in [4.69, 9.17) is 13.6 Å². The van der Waals surface area contributed by atoms with Crippen LogP contribution in [-0.4, -0.2) is 31.3 Å². The van der Waals surface area contributed by atoms with E-state index in [1.54, 1.807) is 26.4 Å². The fourth-order valence-electron chi connectivity index (χ4n) is 2.90. The van der Waals surface area contributed by atoms with Crippen LogP contribution in [0, 0.1) is 6.92 Å². The predicted molar refractivity (Wildman–Crippen MR) is 131 cm³/mol. The number of hydrogen-bond donors (Lipinski definition) is 3. The third-order valence-electron chi connectivity index (χ3n) is 4.69. The van der Waals surface area contributed by atoms with Crippen molar-refractivity contribution in [3.63, 3.8) is 0 Å². The Morgan fingerprint density at radius 3 is 2.52 bits per heavy atom. The lowest BCUT2D eigenvalue weighted by Crippen LogP contribution is -2.45. The van der Waals surface area contributed by atoms with Gasteiger partial charge in [-0.2, -0.15) is 0 Å². The van der Waals surface area contributed by atoms with Crippen molar-refractivity contribution in [2.45, 2.75) is 32.4 Å². The Labute approximate surface area is 199 Å². The van der Waals surface area contributed by atoms with Gasteiger partial charge in [0.1, 0.15) is 28.6 Å². The molecule has 3 rings (SSSR count). The first-order valence-corrected chi connectivity index (χ1v) is 9.93. The van der Waals surface area contributed by atoms with Crippen molar-refractivity contribution in [3.8, 4) is 5.75 Å². The lowest BCUT2D eigenvalue weighted by atomic mass is 10.0. The monoisotopic (exact) mass is 539 g/mol. The fourth-order valence-corrected chi connectivity index (χ4v) is 2.90. The summed E-state index contributed by atoms with van der Waals surface area (Å²) in [4.78, 5) is 4.65. The van der Waals surface area contributed by atoms with Gasteiger partial charge in [0.25, 0.3) is 0 Å². The summed E-state index contributed by atoms with van der Waals surface area (Å²) < 4.78 is 16.2. The number of aliphatic hydroxyl groups is 1. The summed E-state index contributed by atoms with van der Waals surface area (Å²) in [6.45, 7) is 4.94. The molecule has 1 unspecified atom stereocenters. The molecule has 3 aromatic rings. The summed E-state index contributed by atoms with van der Waals surface area (Å²) >= 11 is 0. The Balaban J connectivity index is 0.00000341. The molecule has 0 aliphatic rings. The molecule has 0 radical (unpaired) electrons. The Kier molecular flexibility index (Phi) is 9.44. The summed E-state index contributed by atoms with van der Waals surface area (Å²) in [6, 6.07) is 15.2. The van der Waals surface area contributed by atoms with E-state index in [0.29, 0.717) is 24.8 Å². The Morgan fingerprint density at radius 1 is 1.13 bits per heavy atom. The zero-order chi connectivity index (χ0) is 21.4. The van der Waals surface area contributed by atoms with Gasteiger partial charge in [0.2, 0.25) is 0 Å². The second-order valence-electron chi connectivity index (χ2n) is 7.31.